The lowest BCUT2D eigenvalue weighted by molar-refractivity contribution is 0.484. The minimum atomic E-state index is -4.11. The number of anilines is 1. The number of nitrogen functional groups attached to an aromatic ring is 1. The van der Waals surface area contributed by atoms with E-state index < -0.39 is 25.4 Å². The third-order valence-corrected chi connectivity index (χ3v) is 9.12. The zero-order valence-electron chi connectivity index (χ0n) is 21.3. The van der Waals surface area contributed by atoms with Crippen LogP contribution in [0.1, 0.15) is 5.56 Å². The molecule has 0 saturated heterocycles. The summed E-state index contributed by atoms with van der Waals surface area (Å²) >= 11 is 0. The minimum Gasteiger partial charge on any atom is -0.457 e. The van der Waals surface area contributed by atoms with Crippen molar-refractivity contribution in [3.8, 4) is 22.6 Å². The number of aryl methyl sites for hydroxylation is 2. The lowest BCUT2D eigenvalue weighted by atomic mass is 10.0. The van der Waals surface area contributed by atoms with Crippen molar-refractivity contribution >= 4 is 36.5 Å². The van der Waals surface area contributed by atoms with Crippen molar-refractivity contribution in [2.75, 3.05) is 12.0 Å². The fraction of sp³-hybridized carbons (Fsp3) is 0.107. The molecule has 5 rings (SSSR count). The van der Waals surface area contributed by atoms with E-state index in [0.29, 0.717) is 33.7 Å². The molecule has 0 fully saturated rings. The van der Waals surface area contributed by atoms with E-state index in [9.17, 15) is 21.6 Å². The Balaban J connectivity index is 1.79. The van der Waals surface area contributed by atoms with Crippen LogP contribution in [0.25, 0.3) is 22.0 Å². The van der Waals surface area contributed by atoms with E-state index >= 15 is 0 Å². The van der Waals surface area contributed by atoms with Crippen molar-refractivity contribution in [1.82, 2.24) is 8.54 Å². The first-order chi connectivity index (χ1) is 18.4. The highest BCUT2D eigenvalue weighted by Crippen LogP contribution is 2.39. The fourth-order valence-corrected chi connectivity index (χ4v) is 6.31. The normalized spacial score (nSPS) is 12.1. The molecule has 5 aromatic rings. The van der Waals surface area contributed by atoms with E-state index in [-0.39, 0.29) is 15.3 Å². The maximum Gasteiger partial charge on any atom is 0.275 e. The van der Waals surface area contributed by atoms with Gasteiger partial charge in [0.25, 0.3) is 15.6 Å². The second kappa shape index (κ2) is 9.44. The van der Waals surface area contributed by atoms with Gasteiger partial charge in [0.2, 0.25) is 0 Å². The molecule has 39 heavy (non-hydrogen) atoms. The lowest BCUT2D eigenvalue weighted by Gasteiger charge is -2.15. The van der Waals surface area contributed by atoms with Gasteiger partial charge in [-0.1, -0.05) is 23.8 Å². The van der Waals surface area contributed by atoms with Crippen LogP contribution < -0.4 is 16.0 Å². The third kappa shape index (κ3) is 4.82. The molecule has 0 atom stereocenters. The zero-order chi connectivity index (χ0) is 28.1. The number of pyridine rings is 1. The van der Waals surface area contributed by atoms with Crippen LogP contribution in [-0.2, 0) is 26.9 Å². The van der Waals surface area contributed by atoms with E-state index in [1.165, 1.54) is 60.4 Å². The Morgan fingerprint density at radius 3 is 2.21 bits per heavy atom. The van der Waals surface area contributed by atoms with E-state index in [1.807, 2.05) is 6.92 Å². The maximum atomic E-state index is 13.6. The van der Waals surface area contributed by atoms with Crippen molar-refractivity contribution in [2.24, 2.45) is 7.05 Å². The summed E-state index contributed by atoms with van der Waals surface area (Å²) in [6, 6.07) is 19.0. The fourth-order valence-electron chi connectivity index (χ4n) is 4.31. The van der Waals surface area contributed by atoms with Gasteiger partial charge in [-0.15, -0.1) is 0 Å². The SMILES string of the molecule is Cc1ccc(S(=O)(=O)n2ccc3c(-c4cc(S(C)(=O)=O)ccc4Oc4cccc(N)c4)cn(C)c(=O)c32)cc1. The molecule has 2 aromatic heterocycles. The molecule has 0 radical (unpaired) electrons. The molecule has 0 amide bonds. The van der Waals surface area contributed by atoms with Crippen molar-refractivity contribution in [3.63, 3.8) is 0 Å². The molecule has 2 N–H and O–H groups in total. The quantitative estimate of drug-likeness (QED) is 0.304. The number of aromatic nitrogens is 2. The number of sulfone groups is 1. The summed E-state index contributed by atoms with van der Waals surface area (Å²) in [7, 11) is -6.21. The van der Waals surface area contributed by atoms with Crippen LogP contribution in [0, 0.1) is 6.92 Å². The average molecular weight is 564 g/mol. The topological polar surface area (TPSA) is 130 Å². The summed E-state index contributed by atoms with van der Waals surface area (Å²) in [6.07, 6.45) is 3.94. The summed E-state index contributed by atoms with van der Waals surface area (Å²) in [5.41, 5.74) is 7.42. The molecule has 0 bridgehead atoms. The summed E-state index contributed by atoms with van der Waals surface area (Å²) < 4.78 is 60.3. The van der Waals surface area contributed by atoms with Crippen molar-refractivity contribution < 1.29 is 21.6 Å². The Labute approximate surface area is 225 Å². The van der Waals surface area contributed by atoms with E-state index in [2.05, 4.69) is 0 Å². The highest BCUT2D eigenvalue weighted by atomic mass is 32.2. The van der Waals surface area contributed by atoms with Crippen LogP contribution in [0.3, 0.4) is 0 Å². The van der Waals surface area contributed by atoms with Crippen LogP contribution in [-0.4, -0.2) is 31.6 Å². The van der Waals surface area contributed by atoms with Crippen molar-refractivity contribution in [1.29, 1.82) is 0 Å². The number of benzene rings is 3. The Bertz CT molecular complexity index is 2020. The van der Waals surface area contributed by atoms with Crippen LogP contribution in [0.5, 0.6) is 11.5 Å². The number of hydrogen-bond donors (Lipinski definition) is 1. The molecular formula is C28H25N3O6S2. The van der Waals surface area contributed by atoms with Crippen LogP contribution >= 0.6 is 0 Å². The largest absolute Gasteiger partial charge is 0.457 e. The number of nitrogens with two attached hydrogens (primary N) is 1. The Morgan fingerprint density at radius 2 is 1.54 bits per heavy atom. The van der Waals surface area contributed by atoms with Gasteiger partial charge in [-0.3, -0.25) is 4.79 Å². The third-order valence-electron chi connectivity index (χ3n) is 6.32. The van der Waals surface area contributed by atoms with E-state index in [4.69, 9.17) is 10.5 Å². The molecule has 0 unspecified atom stereocenters. The highest BCUT2D eigenvalue weighted by molar-refractivity contribution is 7.90. The van der Waals surface area contributed by atoms with E-state index in [0.717, 1.165) is 15.8 Å². The molecule has 0 aliphatic rings. The molecule has 3 aromatic carbocycles. The van der Waals surface area contributed by atoms with Gasteiger partial charge >= 0.3 is 0 Å². The summed E-state index contributed by atoms with van der Waals surface area (Å²) in [6.45, 7) is 1.84. The van der Waals surface area contributed by atoms with Gasteiger partial charge in [-0.2, -0.15) is 0 Å². The first kappa shape index (κ1) is 26.3. The van der Waals surface area contributed by atoms with Crippen LogP contribution in [0.4, 0.5) is 5.69 Å². The molecule has 0 aliphatic carbocycles. The number of fused-ring (bicyclic) bond motifs is 1. The number of ether oxygens (including phenoxy) is 1. The number of nitrogens with zero attached hydrogens (tertiary/aromatic N) is 2. The van der Waals surface area contributed by atoms with Gasteiger partial charge in [0, 0.05) is 54.0 Å². The average Bonchev–Trinajstić information content (AvgIpc) is 3.33. The summed E-state index contributed by atoms with van der Waals surface area (Å²) in [5, 5.41) is 0.317. The van der Waals surface area contributed by atoms with E-state index in [1.54, 1.807) is 36.4 Å². The van der Waals surface area contributed by atoms with Crippen molar-refractivity contribution in [2.45, 2.75) is 16.7 Å². The molecule has 9 nitrogen and oxygen atoms in total. The Kier molecular flexibility index (Phi) is 6.36. The summed E-state index contributed by atoms with van der Waals surface area (Å²) in [4.78, 5) is 13.4. The number of rotatable bonds is 6. The second-order valence-corrected chi connectivity index (χ2v) is 13.1. The maximum absolute atomic E-state index is 13.6. The first-order valence-corrected chi connectivity index (χ1v) is 15.1. The lowest BCUT2D eigenvalue weighted by Crippen LogP contribution is -2.22. The Morgan fingerprint density at radius 1 is 0.846 bits per heavy atom. The molecule has 200 valence electrons. The molecular weight excluding hydrogens is 538 g/mol. The summed E-state index contributed by atoms with van der Waals surface area (Å²) in [5.74, 6) is 0.714. The molecule has 2 heterocycles. The predicted octanol–water partition coefficient (Wildman–Crippen LogP) is 4.33. The predicted molar refractivity (Wildman–Crippen MR) is 150 cm³/mol. The van der Waals surface area contributed by atoms with Gasteiger partial charge < -0.3 is 15.0 Å². The highest BCUT2D eigenvalue weighted by Gasteiger charge is 2.24. The van der Waals surface area contributed by atoms with Crippen LogP contribution in [0.2, 0.25) is 0 Å². The minimum absolute atomic E-state index is 0.0304. The van der Waals surface area contributed by atoms with Gasteiger partial charge in [-0.25, -0.2) is 20.8 Å². The zero-order valence-corrected chi connectivity index (χ0v) is 23.0. The smallest absolute Gasteiger partial charge is 0.275 e. The Hall–Kier alpha value is -4.35. The van der Waals surface area contributed by atoms with Gasteiger partial charge in [0.1, 0.15) is 17.0 Å². The standard InChI is InChI=1S/C28H25N3O6S2/c1-18-7-9-21(10-8-18)39(35,36)31-14-13-23-25(17-30(2)28(32)27(23)31)24-16-22(38(3,33)34)11-12-26(24)37-20-6-4-5-19(29)15-20/h4-17H,29H2,1-3H3. The molecule has 0 spiro atoms. The second-order valence-electron chi connectivity index (χ2n) is 9.26. The van der Waals surface area contributed by atoms with Gasteiger partial charge in [0.15, 0.2) is 9.84 Å². The first-order valence-electron chi connectivity index (χ1n) is 11.8. The monoisotopic (exact) mass is 563 g/mol. The van der Waals surface area contributed by atoms with Gasteiger partial charge in [0.05, 0.1) is 9.79 Å². The number of hydrogen-bond acceptors (Lipinski definition) is 7. The van der Waals surface area contributed by atoms with Crippen molar-refractivity contribution in [3.05, 3.63) is 101 Å². The van der Waals surface area contributed by atoms with Crippen LogP contribution in [0.15, 0.2) is 99.8 Å². The molecule has 0 saturated carbocycles. The van der Waals surface area contributed by atoms with Gasteiger partial charge in [-0.05, 0) is 55.5 Å². The molecule has 0 aliphatic heterocycles. The molecule has 11 heteroatoms.